The standard InChI is InChI=1S/C21F46O3Si/c22-1(23,4(28,29)8(36,37)12(44,45)16(52,53)54)2(24,25)7(34,35)11(42,43)15(50,51)19(60,61)71(69-20(62,63)64,70-21(65,66)67)68-18(58,59)14(48,49)10(40,41)6(32,33)3(26,27)5(30,31)9(38,39)13(46,47)17(55,56)57. The Morgan fingerprint density at radius 1 is 0.169 bits per heavy atom. The molecule has 0 bridgehead atoms. The number of hydrogen-bond donors (Lipinski definition) is 0. The molecule has 0 saturated heterocycles. The third-order valence-corrected chi connectivity index (χ3v) is 10.4. The van der Waals surface area contributed by atoms with Crippen LogP contribution in [-0.4, -0.2) is 134 Å². The van der Waals surface area contributed by atoms with Gasteiger partial charge in [-0.1, -0.05) is 0 Å². The minimum absolute atomic E-state index is 0.624. The predicted molar refractivity (Wildman–Crippen MR) is 117 cm³/mol. The van der Waals surface area contributed by atoms with Crippen molar-refractivity contribution in [1.82, 2.24) is 0 Å². The molecular formula is C21F46O3Si. The average molecular weight is 1200 g/mol. The summed E-state index contributed by atoms with van der Waals surface area (Å²) in [5.41, 5.74) is -10.6. The Balaban J connectivity index is 8.73. The highest BCUT2D eigenvalue weighted by molar-refractivity contribution is 6.64. The first-order valence-electron chi connectivity index (χ1n) is 14.4. The third-order valence-electron chi connectivity index (χ3n) is 7.75. The summed E-state index contributed by atoms with van der Waals surface area (Å²) < 4.78 is 626. The lowest BCUT2D eigenvalue weighted by Crippen LogP contribution is -2.81. The topological polar surface area (TPSA) is 27.7 Å². The summed E-state index contributed by atoms with van der Waals surface area (Å²) in [7, 11) is -12.4. The maximum absolute atomic E-state index is 15.0. The van der Waals surface area contributed by atoms with Gasteiger partial charge in [-0.2, -0.15) is 176 Å². The van der Waals surface area contributed by atoms with E-state index in [-0.39, 0.29) is 0 Å². The highest BCUT2D eigenvalue weighted by atomic mass is 28.4. The molecule has 0 aromatic rings. The Kier molecular flexibility index (Phi) is 16.0. The molecule has 0 heterocycles. The van der Waals surface area contributed by atoms with Crippen molar-refractivity contribution in [2.45, 2.75) is 126 Å². The first kappa shape index (κ1) is 67.9. The molecule has 0 aliphatic carbocycles. The van der Waals surface area contributed by atoms with Crippen molar-refractivity contribution < 1.29 is 215 Å². The molecule has 0 saturated carbocycles. The minimum Gasteiger partial charge on any atom is -0.304 e. The Morgan fingerprint density at radius 2 is 0.324 bits per heavy atom. The predicted octanol–water partition coefficient (Wildman–Crippen LogP) is 14.4. The number of halogens is 46. The molecule has 428 valence electrons. The second-order valence-electron chi connectivity index (χ2n) is 12.5. The fraction of sp³-hybridized carbons (Fsp3) is 1.00. The van der Waals surface area contributed by atoms with Gasteiger partial charge in [0.1, 0.15) is 0 Å². The van der Waals surface area contributed by atoms with Crippen LogP contribution in [0.2, 0.25) is 0 Å². The van der Waals surface area contributed by atoms with Crippen LogP contribution >= 0.6 is 0 Å². The van der Waals surface area contributed by atoms with Crippen molar-refractivity contribution in [3.05, 3.63) is 0 Å². The molecule has 0 spiro atoms. The van der Waals surface area contributed by atoms with Crippen LogP contribution in [-0.2, 0) is 13.3 Å². The van der Waals surface area contributed by atoms with Crippen LogP contribution in [0.25, 0.3) is 0 Å². The fourth-order valence-electron chi connectivity index (χ4n) is 3.89. The fourth-order valence-corrected chi connectivity index (χ4v) is 6.02. The molecule has 0 aliphatic heterocycles. The molecule has 0 aliphatic rings. The summed E-state index contributed by atoms with van der Waals surface area (Å²) in [6, 6.07) is 0. The minimum atomic E-state index is -12.4. The van der Waals surface area contributed by atoms with Crippen LogP contribution in [0.3, 0.4) is 0 Å². The van der Waals surface area contributed by atoms with Crippen molar-refractivity contribution >= 4 is 8.80 Å². The van der Waals surface area contributed by atoms with Gasteiger partial charge >= 0.3 is 134 Å². The van der Waals surface area contributed by atoms with Gasteiger partial charge in [0.25, 0.3) is 0 Å². The van der Waals surface area contributed by atoms with E-state index in [1.165, 1.54) is 0 Å². The largest absolute Gasteiger partial charge is 0.599 e. The molecule has 0 aromatic heterocycles. The molecule has 0 N–H and O–H groups in total. The van der Waals surface area contributed by atoms with Gasteiger partial charge in [0.05, 0.1) is 0 Å². The summed E-state index contributed by atoms with van der Waals surface area (Å²) in [5.74, 6) is -152. The van der Waals surface area contributed by atoms with E-state index < -0.39 is 134 Å². The Labute approximate surface area is 351 Å². The highest BCUT2D eigenvalue weighted by Gasteiger charge is 3.02. The lowest BCUT2D eigenvalue weighted by molar-refractivity contribution is -0.483. The van der Waals surface area contributed by atoms with Crippen LogP contribution in [0.5, 0.6) is 0 Å². The van der Waals surface area contributed by atoms with Crippen LogP contribution in [0.4, 0.5) is 202 Å². The van der Waals surface area contributed by atoms with E-state index in [2.05, 4.69) is 0 Å². The van der Waals surface area contributed by atoms with E-state index in [4.69, 9.17) is 0 Å². The molecule has 0 radical (unpaired) electrons. The molecule has 0 atom stereocenters. The molecular weight excluding hydrogens is 1200 g/mol. The third kappa shape index (κ3) is 9.00. The monoisotopic (exact) mass is 1200 g/mol. The van der Waals surface area contributed by atoms with Gasteiger partial charge < -0.3 is 4.43 Å². The Hall–Kier alpha value is -3.12. The van der Waals surface area contributed by atoms with Gasteiger partial charge in [0, 0.05) is 0 Å². The first-order valence-corrected chi connectivity index (χ1v) is 16.1. The summed E-state index contributed by atoms with van der Waals surface area (Å²) in [4.78, 5) is 0. The SMILES string of the molecule is FC(F)(F)O[Si](OC(F)(F)F)(OC(F)(F)C(F)(F)C(F)(F)C(F)(F)C(F)(F)C(F)(F)C(F)(F)C(F)(F)C(F)(F)F)C(F)(F)C(F)(F)C(F)(F)C(F)(F)C(F)(F)C(F)(F)C(F)(F)C(F)(F)C(F)(F)C(F)(F)F. The van der Waals surface area contributed by atoms with Crippen LogP contribution in [0, 0.1) is 0 Å². The molecule has 0 rings (SSSR count). The smallest absolute Gasteiger partial charge is 0.304 e. The molecule has 0 amide bonds. The highest BCUT2D eigenvalue weighted by Crippen LogP contribution is 2.69. The van der Waals surface area contributed by atoms with Crippen LogP contribution in [0.15, 0.2) is 0 Å². The number of rotatable bonds is 20. The van der Waals surface area contributed by atoms with E-state index >= 15 is 0 Å². The first-order chi connectivity index (χ1) is 29.6. The van der Waals surface area contributed by atoms with Crippen molar-refractivity contribution in [2.24, 2.45) is 0 Å². The van der Waals surface area contributed by atoms with Crippen molar-refractivity contribution in [1.29, 1.82) is 0 Å². The van der Waals surface area contributed by atoms with E-state index in [1.807, 2.05) is 0 Å². The lowest BCUT2D eigenvalue weighted by Gasteiger charge is -2.47. The van der Waals surface area contributed by atoms with Gasteiger partial charge in [-0.15, -0.1) is 26.3 Å². The number of alkyl halides is 46. The maximum atomic E-state index is 15.0. The molecule has 3 nitrogen and oxygen atoms in total. The Bertz CT molecular complexity index is 1870. The summed E-state index contributed by atoms with van der Waals surface area (Å²) in [5, 5.41) is 0. The molecule has 71 heavy (non-hydrogen) atoms. The summed E-state index contributed by atoms with van der Waals surface area (Å²) in [6.07, 6.45) is -45.1. The van der Waals surface area contributed by atoms with Gasteiger partial charge in [0.2, 0.25) is 0 Å². The lowest BCUT2D eigenvalue weighted by atomic mass is 9.87. The summed E-state index contributed by atoms with van der Waals surface area (Å²) in [6.45, 7) is 0. The zero-order chi connectivity index (χ0) is 59.1. The second-order valence-corrected chi connectivity index (χ2v) is 14.8. The van der Waals surface area contributed by atoms with Crippen LogP contribution < -0.4 is 0 Å². The van der Waals surface area contributed by atoms with Gasteiger partial charge in [-0.25, -0.2) is 0 Å². The molecule has 0 unspecified atom stereocenters. The van der Waals surface area contributed by atoms with Gasteiger partial charge in [-0.05, 0) is 0 Å². The van der Waals surface area contributed by atoms with E-state index in [1.54, 1.807) is 0 Å². The van der Waals surface area contributed by atoms with Gasteiger partial charge in [0.15, 0.2) is 0 Å². The zero-order valence-electron chi connectivity index (χ0n) is 29.6. The Morgan fingerprint density at radius 3 is 0.493 bits per heavy atom. The van der Waals surface area contributed by atoms with E-state index in [0.717, 1.165) is 8.85 Å². The molecule has 0 fully saturated rings. The quantitative estimate of drug-likeness (QED) is 0.0898. The average Bonchev–Trinajstić information content (AvgIpc) is 3.07. The second kappa shape index (κ2) is 16.7. The van der Waals surface area contributed by atoms with Crippen LogP contribution in [0.1, 0.15) is 0 Å². The zero-order valence-corrected chi connectivity index (χ0v) is 30.6. The molecule has 50 heteroatoms. The van der Waals surface area contributed by atoms with E-state index in [0.29, 0.717) is 4.43 Å². The normalized spacial score (nSPS) is 17.3. The summed E-state index contributed by atoms with van der Waals surface area (Å²) >= 11 is 0. The maximum Gasteiger partial charge on any atom is 0.599 e. The van der Waals surface area contributed by atoms with Crippen molar-refractivity contribution in [2.75, 3.05) is 0 Å². The van der Waals surface area contributed by atoms with Crippen molar-refractivity contribution in [3.8, 4) is 0 Å². The van der Waals surface area contributed by atoms with Crippen molar-refractivity contribution in [3.63, 3.8) is 0 Å². The van der Waals surface area contributed by atoms with Gasteiger partial charge in [-0.3, -0.25) is 8.85 Å². The van der Waals surface area contributed by atoms with E-state index in [9.17, 15) is 202 Å². The molecule has 0 aromatic carbocycles. The number of hydrogen-bond acceptors (Lipinski definition) is 3.